The maximum atomic E-state index is 12.4. The summed E-state index contributed by atoms with van der Waals surface area (Å²) in [6.07, 6.45) is 1.30. The van der Waals surface area contributed by atoms with Crippen LogP contribution in [0.3, 0.4) is 0 Å². The third-order valence-electron chi connectivity index (χ3n) is 4.66. The van der Waals surface area contributed by atoms with Gasteiger partial charge in [0.25, 0.3) is 0 Å². The van der Waals surface area contributed by atoms with Crippen LogP contribution < -0.4 is 11.1 Å². The number of amides is 1. The van der Waals surface area contributed by atoms with Crippen molar-refractivity contribution in [1.29, 1.82) is 0 Å². The Labute approximate surface area is 147 Å². The zero-order chi connectivity index (χ0) is 16.4. The van der Waals surface area contributed by atoms with Gasteiger partial charge in [-0.2, -0.15) is 5.10 Å². The number of hydrogen-bond donors (Lipinski definition) is 3. The van der Waals surface area contributed by atoms with E-state index in [9.17, 15) is 4.79 Å². The Morgan fingerprint density at radius 1 is 1.42 bits per heavy atom. The van der Waals surface area contributed by atoms with Crippen molar-refractivity contribution < 1.29 is 9.53 Å². The first-order chi connectivity index (χ1) is 11.1. The summed E-state index contributed by atoms with van der Waals surface area (Å²) in [5.41, 5.74) is 8.26. The number of carbonyl (C=O) groups is 1. The highest BCUT2D eigenvalue weighted by Gasteiger charge is 2.47. The van der Waals surface area contributed by atoms with Crippen molar-refractivity contribution in [3.8, 4) is 11.1 Å². The molecule has 1 saturated carbocycles. The van der Waals surface area contributed by atoms with Gasteiger partial charge >= 0.3 is 0 Å². The number of nitrogens with zero attached hydrogens (tertiary/aromatic N) is 1. The van der Waals surface area contributed by atoms with Gasteiger partial charge in [0.05, 0.1) is 5.60 Å². The van der Waals surface area contributed by atoms with Gasteiger partial charge in [-0.1, -0.05) is 30.3 Å². The summed E-state index contributed by atoms with van der Waals surface area (Å²) in [6.45, 7) is 2.38. The van der Waals surface area contributed by atoms with E-state index < -0.39 is 0 Å². The van der Waals surface area contributed by atoms with Gasteiger partial charge in [0.1, 0.15) is 0 Å². The largest absolute Gasteiger partial charge is 0.377 e. The molecule has 0 bridgehead atoms. The molecule has 0 saturated heterocycles. The van der Waals surface area contributed by atoms with E-state index in [1.807, 2.05) is 37.3 Å². The van der Waals surface area contributed by atoms with Crippen molar-refractivity contribution in [2.75, 3.05) is 19.0 Å². The van der Waals surface area contributed by atoms with Crippen LogP contribution in [0.15, 0.2) is 30.3 Å². The zero-order valence-electron chi connectivity index (χ0n) is 13.8. The Morgan fingerprint density at radius 2 is 2.08 bits per heavy atom. The van der Waals surface area contributed by atoms with Crippen LogP contribution in [0.5, 0.6) is 0 Å². The fourth-order valence-corrected chi connectivity index (χ4v) is 3.14. The minimum absolute atomic E-state index is 0. The maximum absolute atomic E-state index is 12.4. The van der Waals surface area contributed by atoms with Gasteiger partial charge < -0.3 is 15.8 Å². The van der Waals surface area contributed by atoms with Crippen LogP contribution in [0, 0.1) is 12.8 Å². The standard InChI is InChI=1S/C17H22N4O2.ClH/c1-11-14(12-6-4-3-5-7-12)15(21-20-11)19-16(22)13-8-17(9-13,10-18)23-2;/h3-7,13H,8-10,18H2,1-2H3,(H2,19,20,21,22);1H. The van der Waals surface area contributed by atoms with Gasteiger partial charge in [-0.3, -0.25) is 9.89 Å². The van der Waals surface area contributed by atoms with Gasteiger partial charge in [-0.15, -0.1) is 12.4 Å². The van der Waals surface area contributed by atoms with E-state index in [1.54, 1.807) is 7.11 Å². The molecule has 7 heteroatoms. The zero-order valence-corrected chi connectivity index (χ0v) is 14.7. The smallest absolute Gasteiger partial charge is 0.228 e. The van der Waals surface area contributed by atoms with Crippen LogP contribution in [-0.2, 0) is 9.53 Å². The molecule has 1 heterocycles. The van der Waals surface area contributed by atoms with Crippen LogP contribution in [0.2, 0.25) is 0 Å². The molecule has 1 aliphatic rings. The molecule has 2 aromatic rings. The summed E-state index contributed by atoms with van der Waals surface area (Å²) in [5, 5.41) is 10.1. The van der Waals surface area contributed by atoms with Crippen molar-refractivity contribution in [3.63, 3.8) is 0 Å². The lowest BCUT2D eigenvalue weighted by Gasteiger charge is -2.44. The number of ether oxygens (including phenoxy) is 1. The Morgan fingerprint density at radius 3 is 2.67 bits per heavy atom. The molecule has 0 radical (unpaired) electrons. The Kier molecular flexibility index (Phi) is 5.64. The van der Waals surface area contributed by atoms with E-state index in [4.69, 9.17) is 10.5 Å². The first kappa shape index (κ1) is 18.4. The molecule has 1 amide bonds. The Balaban J connectivity index is 0.00000208. The number of carbonyl (C=O) groups excluding carboxylic acids is 1. The molecule has 1 aliphatic carbocycles. The predicted molar refractivity (Wildman–Crippen MR) is 96.2 cm³/mol. The Bertz CT molecular complexity index is 690. The molecule has 1 fully saturated rings. The van der Waals surface area contributed by atoms with E-state index in [0.717, 1.165) is 16.8 Å². The predicted octanol–water partition coefficient (Wildman–Crippen LogP) is 2.50. The summed E-state index contributed by atoms with van der Waals surface area (Å²) in [6, 6.07) is 9.89. The van der Waals surface area contributed by atoms with Crippen molar-refractivity contribution in [2.24, 2.45) is 11.7 Å². The number of aromatic nitrogens is 2. The molecular weight excluding hydrogens is 328 g/mol. The van der Waals surface area contributed by atoms with Gasteiger partial charge in [-0.25, -0.2) is 0 Å². The molecule has 3 rings (SSSR count). The van der Waals surface area contributed by atoms with E-state index in [2.05, 4.69) is 15.5 Å². The lowest BCUT2D eigenvalue weighted by molar-refractivity contribution is -0.140. The van der Waals surface area contributed by atoms with Crippen LogP contribution >= 0.6 is 12.4 Å². The fraction of sp³-hybridized carbons (Fsp3) is 0.412. The molecule has 0 spiro atoms. The molecule has 6 nitrogen and oxygen atoms in total. The molecule has 24 heavy (non-hydrogen) atoms. The molecule has 1 aromatic heterocycles. The number of aryl methyl sites for hydroxylation is 1. The van der Waals surface area contributed by atoms with E-state index in [1.165, 1.54) is 0 Å². The number of anilines is 1. The number of rotatable bonds is 5. The average Bonchev–Trinajstić information content (AvgIpc) is 2.89. The second-order valence-corrected chi connectivity index (χ2v) is 6.12. The summed E-state index contributed by atoms with van der Waals surface area (Å²) >= 11 is 0. The van der Waals surface area contributed by atoms with Crippen LogP contribution in [-0.4, -0.2) is 35.4 Å². The highest BCUT2D eigenvalue weighted by atomic mass is 35.5. The number of H-pyrrole nitrogens is 1. The lowest BCUT2D eigenvalue weighted by atomic mass is 9.70. The quantitative estimate of drug-likeness (QED) is 0.772. The van der Waals surface area contributed by atoms with Crippen LogP contribution in [0.4, 0.5) is 5.82 Å². The first-order valence-electron chi connectivity index (χ1n) is 7.75. The highest BCUT2D eigenvalue weighted by Crippen LogP contribution is 2.40. The molecule has 0 unspecified atom stereocenters. The summed E-state index contributed by atoms with van der Waals surface area (Å²) in [5.74, 6) is 0.454. The number of hydrogen-bond acceptors (Lipinski definition) is 4. The summed E-state index contributed by atoms with van der Waals surface area (Å²) in [4.78, 5) is 12.4. The Hall–Kier alpha value is -1.89. The third-order valence-corrected chi connectivity index (χ3v) is 4.66. The summed E-state index contributed by atoms with van der Waals surface area (Å²) < 4.78 is 5.42. The van der Waals surface area contributed by atoms with Gasteiger partial charge in [0.15, 0.2) is 5.82 Å². The molecule has 0 atom stereocenters. The fourth-order valence-electron chi connectivity index (χ4n) is 3.14. The van der Waals surface area contributed by atoms with Gasteiger partial charge in [0.2, 0.25) is 5.91 Å². The van der Waals surface area contributed by atoms with E-state index >= 15 is 0 Å². The first-order valence-corrected chi connectivity index (χ1v) is 7.75. The highest BCUT2D eigenvalue weighted by molar-refractivity contribution is 5.96. The third kappa shape index (κ3) is 3.31. The minimum Gasteiger partial charge on any atom is -0.377 e. The van der Waals surface area contributed by atoms with Gasteiger partial charge in [-0.05, 0) is 25.3 Å². The molecule has 4 N–H and O–H groups in total. The monoisotopic (exact) mass is 350 g/mol. The minimum atomic E-state index is -0.342. The number of methoxy groups -OCH3 is 1. The van der Waals surface area contributed by atoms with Crippen LogP contribution in [0.25, 0.3) is 11.1 Å². The molecule has 0 aliphatic heterocycles. The number of aromatic amines is 1. The second-order valence-electron chi connectivity index (χ2n) is 6.12. The molecule has 130 valence electrons. The van der Waals surface area contributed by atoms with E-state index in [0.29, 0.717) is 25.2 Å². The second kappa shape index (κ2) is 7.34. The van der Waals surface area contributed by atoms with Crippen molar-refractivity contribution in [1.82, 2.24) is 10.2 Å². The average molecular weight is 351 g/mol. The van der Waals surface area contributed by atoms with Gasteiger partial charge in [0, 0.05) is 30.8 Å². The molecular formula is C17H23ClN4O2. The summed E-state index contributed by atoms with van der Waals surface area (Å²) in [7, 11) is 1.64. The van der Waals surface area contributed by atoms with Crippen molar-refractivity contribution in [3.05, 3.63) is 36.0 Å². The van der Waals surface area contributed by atoms with Crippen molar-refractivity contribution in [2.45, 2.75) is 25.4 Å². The number of benzene rings is 1. The normalized spacial score (nSPS) is 22.4. The maximum Gasteiger partial charge on any atom is 0.228 e. The number of halogens is 1. The van der Waals surface area contributed by atoms with E-state index in [-0.39, 0.29) is 29.8 Å². The number of nitrogens with two attached hydrogens (primary N) is 1. The lowest BCUT2D eigenvalue weighted by Crippen LogP contribution is -2.54. The topological polar surface area (TPSA) is 93.0 Å². The van der Waals surface area contributed by atoms with Crippen molar-refractivity contribution >= 4 is 24.1 Å². The molecule has 1 aromatic carbocycles. The van der Waals surface area contributed by atoms with Crippen LogP contribution in [0.1, 0.15) is 18.5 Å². The SMILES string of the molecule is COC1(CN)CC(C(=O)Nc2n[nH]c(C)c2-c2ccccc2)C1.Cl. The number of nitrogens with one attached hydrogen (secondary N) is 2.